The van der Waals surface area contributed by atoms with Crippen molar-refractivity contribution >= 4 is 0 Å². The van der Waals surface area contributed by atoms with Crippen LogP contribution in [0.5, 0.6) is 0 Å². The van der Waals surface area contributed by atoms with E-state index in [9.17, 15) is 9.59 Å². The van der Waals surface area contributed by atoms with Gasteiger partial charge in [-0.25, -0.2) is 4.79 Å². The van der Waals surface area contributed by atoms with Crippen LogP contribution in [0.3, 0.4) is 0 Å². The van der Waals surface area contributed by atoms with E-state index in [1.165, 1.54) is 12.3 Å². The van der Waals surface area contributed by atoms with Crippen molar-refractivity contribution in [2.24, 2.45) is 5.92 Å². The Morgan fingerprint density at radius 1 is 1.29 bits per heavy atom. The van der Waals surface area contributed by atoms with Gasteiger partial charge in [-0.3, -0.25) is 14.3 Å². The van der Waals surface area contributed by atoms with Crippen molar-refractivity contribution in [1.29, 1.82) is 0 Å². The van der Waals surface area contributed by atoms with Gasteiger partial charge in [0.1, 0.15) is 6.10 Å². The zero-order valence-electron chi connectivity index (χ0n) is 14.9. The number of hydrogen-bond donors (Lipinski definition) is 1. The lowest BCUT2D eigenvalue weighted by Gasteiger charge is -2.26. The minimum Gasteiger partial charge on any atom is -0.375 e. The number of aromatic nitrogens is 2. The Bertz CT molecular complexity index is 715. The van der Waals surface area contributed by atoms with Crippen molar-refractivity contribution in [2.75, 3.05) is 6.61 Å². The monoisotopic (exact) mass is 338 g/mol. The Balaban J connectivity index is 1.88. The Hall–Kier alpha value is -1.44. The molecule has 1 aromatic heterocycles. The number of aromatic amines is 1. The van der Waals surface area contributed by atoms with Crippen molar-refractivity contribution in [2.45, 2.75) is 70.7 Å². The maximum atomic E-state index is 12.2. The van der Waals surface area contributed by atoms with Gasteiger partial charge in [-0.1, -0.05) is 0 Å². The van der Waals surface area contributed by atoms with Gasteiger partial charge in [0.2, 0.25) is 0 Å². The number of rotatable bonds is 3. The molecule has 1 aliphatic carbocycles. The van der Waals surface area contributed by atoms with Gasteiger partial charge in [0, 0.05) is 18.2 Å². The minimum absolute atomic E-state index is 0.125. The number of hydrogen-bond acceptors (Lipinski definition) is 5. The number of fused-ring (bicyclic) bond motifs is 1. The van der Waals surface area contributed by atoms with Crippen LogP contribution in [0, 0.1) is 5.92 Å². The van der Waals surface area contributed by atoms with E-state index in [1.54, 1.807) is 4.57 Å². The second-order valence-electron chi connectivity index (χ2n) is 8.07. The Morgan fingerprint density at radius 2 is 1.96 bits per heavy atom. The molecule has 1 saturated carbocycles. The molecule has 134 valence electrons. The maximum absolute atomic E-state index is 12.2. The summed E-state index contributed by atoms with van der Waals surface area (Å²) in [5.41, 5.74) is -1.06. The fraction of sp³-hybridized carbons (Fsp3) is 0.765. The third-order valence-electron chi connectivity index (χ3n) is 4.49. The Morgan fingerprint density at radius 3 is 2.58 bits per heavy atom. The fourth-order valence-corrected chi connectivity index (χ4v) is 3.54. The first-order chi connectivity index (χ1) is 11.1. The molecule has 0 radical (unpaired) electrons. The van der Waals surface area contributed by atoms with Crippen LogP contribution in [0.25, 0.3) is 0 Å². The molecule has 0 amide bonds. The number of ether oxygens (including phenoxy) is 3. The van der Waals surface area contributed by atoms with Crippen molar-refractivity contribution in [3.8, 4) is 0 Å². The molecule has 2 heterocycles. The van der Waals surface area contributed by atoms with E-state index in [0.29, 0.717) is 13.0 Å². The van der Waals surface area contributed by atoms with Crippen LogP contribution in [0.15, 0.2) is 21.9 Å². The molecule has 1 aromatic rings. The molecule has 0 aromatic carbocycles. The molecule has 1 N–H and O–H groups in total. The van der Waals surface area contributed by atoms with Gasteiger partial charge in [0.25, 0.3) is 5.56 Å². The zero-order valence-corrected chi connectivity index (χ0v) is 14.9. The topological polar surface area (TPSA) is 82.6 Å². The molecule has 2 aliphatic rings. The van der Waals surface area contributed by atoms with Crippen LogP contribution < -0.4 is 11.2 Å². The average molecular weight is 338 g/mol. The molecule has 1 aliphatic heterocycles. The summed E-state index contributed by atoms with van der Waals surface area (Å²) in [7, 11) is 0. The third kappa shape index (κ3) is 3.48. The summed E-state index contributed by atoms with van der Waals surface area (Å²) in [6.45, 7) is 10.3. The number of nitrogens with one attached hydrogen (secondary N) is 1. The van der Waals surface area contributed by atoms with E-state index in [4.69, 9.17) is 14.2 Å². The molecule has 0 bridgehead atoms. The summed E-state index contributed by atoms with van der Waals surface area (Å²) in [5, 5.41) is 0. The highest BCUT2D eigenvalue weighted by molar-refractivity contribution is 5.02. The summed E-state index contributed by atoms with van der Waals surface area (Å²) in [5.74, 6) is -0.570. The van der Waals surface area contributed by atoms with Crippen LogP contribution in [-0.2, 0) is 14.2 Å². The van der Waals surface area contributed by atoms with Gasteiger partial charge >= 0.3 is 5.69 Å². The van der Waals surface area contributed by atoms with Crippen LogP contribution in [0.4, 0.5) is 0 Å². The summed E-state index contributed by atoms with van der Waals surface area (Å²) in [6.07, 6.45) is 1.86. The van der Waals surface area contributed by atoms with Crippen molar-refractivity contribution in [3.05, 3.63) is 33.1 Å². The highest BCUT2D eigenvalue weighted by atomic mass is 16.8. The van der Waals surface area contributed by atoms with Gasteiger partial charge in [-0.2, -0.15) is 0 Å². The van der Waals surface area contributed by atoms with Gasteiger partial charge in [-0.05, 0) is 41.0 Å². The standard InChI is InChI=1S/C17H26N2O5/c1-16(2,3)22-9-10-8-11(14-13(10)23-17(4,5)24-14)19-7-6-12(20)18-15(19)21/h6-7,10-11,13-14H,8-9H2,1-5H3,(H,18,20,21)/t10-,11-,13-,14+/m1/s1. The van der Waals surface area contributed by atoms with E-state index in [1.807, 2.05) is 34.6 Å². The van der Waals surface area contributed by atoms with Crippen molar-refractivity contribution < 1.29 is 14.2 Å². The van der Waals surface area contributed by atoms with Crippen LogP contribution >= 0.6 is 0 Å². The molecule has 1 saturated heterocycles. The van der Waals surface area contributed by atoms with Crippen LogP contribution in [0.2, 0.25) is 0 Å². The lowest BCUT2D eigenvalue weighted by Crippen LogP contribution is -2.36. The zero-order chi connectivity index (χ0) is 17.7. The number of nitrogens with zero attached hydrogens (tertiary/aromatic N) is 1. The summed E-state index contributed by atoms with van der Waals surface area (Å²) < 4.78 is 19.6. The van der Waals surface area contributed by atoms with Crippen molar-refractivity contribution in [3.63, 3.8) is 0 Å². The van der Waals surface area contributed by atoms with E-state index in [0.717, 1.165) is 0 Å². The first kappa shape index (κ1) is 17.4. The van der Waals surface area contributed by atoms with Gasteiger partial charge in [0.05, 0.1) is 24.4 Å². The molecule has 24 heavy (non-hydrogen) atoms. The Kier molecular flexibility index (Phi) is 4.22. The fourth-order valence-electron chi connectivity index (χ4n) is 3.54. The largest absolute Gasteiger partial charge is 0.375 e. The van der Waals surface area contributed by atoms with E-state index in [-0.39, 0.29) is 29.8 Å². The molecule has 0 spiro atoms. The van der Waals surface area contributed by atoms with Gasteiger partial charge in [0.15, 0.2) is 5.79 Å². The first-order valence-electron chi connectivity index (χ1n) is 8.37. The predicted molar refractivity (Wildman–Crippen MR) is 88.0 cm³/mol. The lowest BCUT2D eigenvalue weighted by molar-refractivity contribution is -0.164. The van der Waals surface area contributed by atoms with E-state index >= 15 is 0 Å². The lowest BCUT2D eigenvalue weighted by atomic mass is 10.1. The second-order valence-corrected chi connectivity index (χ2v) is 8.07. The smallest absolute Gasteiger partial charge is 0.328 e. The average Bonchev–Trinajstić information content (AvgIpc) is 2.90. The third-order valence-corrected chi connectivity index (χ3v) is 4.49. The molecule has 7 nitrogen and oxygen atoms in total. The SMILES string of the molecule is CC(C)(C)OC[C@H]1C[C@@H](n2ccc(=O)[nH]c2=O)[C@@H]2OC(C)(C)O[C@H]12. The minimum atomic E-state index is -0.695. The number of H-pyrrole nitrogens is 1. The Labute approximate surface area is 140 Å². The molecule has 3 rings (SSSR count). The molecule has 4 atom stereocenters. The maximum Gasteiger partial charge on any atom is 0.328 e. The summed E-state index contributed by atoms with van der Waals surface area (Å²) in [4.78, 5) is 25.8. The second kappa shape index (κ2) is 5.82. The van der Waals surface area contributed by atoms with E-state index < -0.39 is 17.0 Å². The van der Waals surface area contributed by atoms with E-state index in [2.05, 4.69) is 4.98 Å². The highest BCUT2D eigenvalue weighted by Crippen LogP contribution is 2.46. The molecule has 2 fully saturated rings. The molecule has 7 heteroatoms. The summed E-state index contributed by atoms with van der Waals surface area (Å²) >= 11 is 0. The first-order valence-corrected chi connectivity index (χ1v) is 8.37. The van der Waals surface area contributed by atoms with Gasteiger partial charge in [-0.15, -0.1) is 0 Å². The van der Waals surface area contributed by atoms with Crippen molar-refractivity contribution in [1.82, 2.24) is 9.55 Å². The molecule has 0 unspecified atom stereocenters. The van der Waals surface area contributed by atoms with Crippen LogP contribution in [-0.4, -0.2) is 39.8 Å². The normalized spacial score (nSPS) is 32.0. The predicted octanol–water partition coefficient (Wildman–Crippen LogP) is 1.43. The quantitative estimate of drug-likeness (QED) is 0.901. The van der Waals surface area contributed by atoms with Crippen LogP contribution in [0.1, 0.15) is 47.1 Å². The summed E-state index contributed by atoms with van der Waals surface area (Å²) in [6, 6.07) is 1.17. The van der Waals surface area contributed by atoms with Gasteiger partial charge < -0.3 is 14.2 Å². The molecular weight excluding hydrogens is 312 g/mol. The highest BCUT2D eigenvalue weighted by Gasteiger charge is 2.54. The molecular formula is C17H26N2O5.